The van der Waals surface area contributed by atoms with Crippen molar-refractivity contribution in [3.8, 4) is 11.5 Å². The Labute approximate surface area is 146 Å². The lowest BCUT2D eigenvalue weighted by atomic mass is 10.1. The SMILES string of the molecule is Cc1ccc(-c2nc(CCNC(=O)C3CC3c3ccco3)co2)cc1. The fourth-order valence-electron chi connectivity index (χ4n) is 3.00. The van der Waals surface area contributed by atoms with Crippen LogP contribution < -0.4 is 5.32 Å². The number of nitrogens with one attached hydrogen (secondary N) is 1. The monoisotopic (exact) mass is 336 g/mol. The Morgan fingerprint density at radius 3 is 2.84 bits per heavy atom. The Morgan fingerprint density at radius 1 is 1.24 bits per heavy atom. The molecule has 25 heavy (non-hydrogen) atoms. The maximum Gasteiger partial charge on any atom is 0.226 e. The minimum absolute atomic E-state index is 0.0339. The van der Waals surface area contributed by atoms with Gasteiger partial charge in [-0.2, -0.15) is 0 Å². The van der Waals surface area contributed by atoms with Crippen LogP contribution in [0, 0.1) is 12.8 Å². The van der Waals surface area contributed by atoms with E-state index in [1.54, 1.807) is 12.5 Å². The van der Waals surface area contributed by atoms with E-state index in [0.717, 1.165) is 23.4 Å². The van der Waals surface area contributed by atoms with Gasteiger partial charge in [0.25, 0.3) is 0 Å². The summed E-state index contributed by atoms with van der Waals surface area (Å²) in [6.45, 7) is 2.60. The molecule has 1 aliphatic carbocycles. The van der Waals surface area contributed by atoms with Gasteiger partial charge in [-0.3, -0.25) is 4.79 Å². The molecule has 1 aromatic carbocycles. The summed E-state index contributed by atoms with van der Waals surface area (Å²) in [7, 11) is 0. The second-order valence-corrected chi connectivity index (χ2v) is 6.52. The van der Waals surface area contributed by atoms with Crippen LogP contribution in [-0.2, 0) is 11.2 Å². The first-order chi connectivity index (χ1) is 12.2. The minimum Gasteiger partial charge on any atom is -0.469 e. The number of amides is 1. The van der Waals surface area contributed by atoms with Gasteiger partial charge in [0.05, 0.1) is 12.0 Å². The normalized spacial score (nSPS) is 18.9. The molecule has 1 N–H and O–H groups in total. The van der Waals surface area contributed by atoms with Crippen molar-refractivity contribution in [2.75, 3.05) is 6.54 Å². The predicted molar refractivity (Wildman–Crippen MR) is 92.9 cm³/mol. The topological polar surface area (TPSA) is 68.3 Å². The molecular formula is C20H20N2O3. The van der Waals surface area contributed by atoms with Crippen molar-refractivity contribution in [3.63, 3.8) is 0 Å². The molecule has 1 saturated carbocycles. The molecule has 5 nitrogen and oxygen atoms in total. The second kappa shape index (κ2) is 6.59. The van der Waals surface area contributed by atoms with Crippen LogP contribution in [0.2, 0.25) is 0 Å². The Hall–Kier alpha value is -2.82. The minimum atomic E-state index is 0.0339. The highest BCUT2D eigenvalue weighted by Crippen LogP contribution is 2.47. The molecule has 4 rings (SSSR count). The summed E-state index contributed by atoms with van der Waals surface area (Å²) < 4.78 is 10.9. The van der Waals surface area contributed by atoms with Crippen molar-refractivity contribution in [3.05, 3.63) is 65.9 Å². The van der Waals surface area contributed by atoms with Gasteiger partial charge >= 0.3 is 0 Å². The van der Waals surface area contributed by atoms with E-state index in [2.05, 4.69) is 10.3 Å². The number of oxazole rings is 1. The lowest BCUT2D eigenvalue weighted by Crippen LogP contribution is -2.27. The van der Waals surface area contributed by atoms with Crippen molar-refractivity contribution < 1.29 is 13.6 Å². The maximum absolute atomic E-state index is 12.2. The molecule has 0 radical (unpaired) electrons. The first-order valence-electron chi connectivity index (χ1n) is 8.53. The predicted octanol–water partition coefficient (Wildman–Crippen LogP) is 3.71. The van der Waals surface area contributed by atoms with Crippen LogP contribution in [0.3, 0.4) is 0 Å². The lowest BCUT2D eigenvalue weighted by Gasteiger charge is -2.02. The number of aromatic nitrogens is 1. The summed E-state index contributed by atoms with van der Waals surface area (Å²) in [6, 6.07) is 11.8. The van der Waals surface area contributed by atoms with E-state index in [1.807, 2.05) is 43.3 Å². The van der Waals surface area contributed by atoms with Gasteiger partial charge in [0.1, 0.15) is 12.0 Å². The van der Waals surface area contributed by atoms with Crippen LogP contribution >= 0.6 is 0 Å². The third kappa shape index (κ3) is 3.50. The third-order valence-corrected chi connectivity index (χ3v) is 4.57. The average molecular weight is 336 g/mol. The molecule has 1 amide bonds. The van der Waals surface area contributed by atoms with Gasteiger partial charge in [0.2, 0.25) is 11.8 Å². The zero-order chi connectivity index (χ0) is 17.2. The first kappa shape index (κ1) is 15.7. The highest BCUT2D eigenvalue weighted by molar-refractivity contribution is 5.82. The number of nitrogens with zero attached hydrogens (tertiary/aromatic N) is 1. The number of hydrogen-bond donors (Lipinski definition) is 1. The number of hydrogen-bond acceptors (Lipinski definition) is 4. The molecule has 0 aliphatic heterocycles. The van der Waals surface area contributed by atoms with E-state index in [9.17, 15) is 4.79 Å². The van der Waals surface area contributed by atoms with Crippen molar-refractivity contribution in [1.29, 1.82) is 0 Å². The number of furan rings is 1. The van der Waals surface area contributed by atoms with E-state index in [1.165, 1.54) is 5.56 Å². The molecule has 0 saturated heterocycles. The third-order valence-electron chi connectivity index (χ3n) is 4.57. The molecule has 0 spiro atoms. The molecule has 2 heterocycles. The van der Waals surface area contributed by atoms with Crippen molar-refractivity contribution in [2.45, 2.75) is 25.7 Å². The molecule has 1 aliphatic rings. The zero-order valence-corrected chi connectivity index (χ0v) is 14.1. The maximum atomic E-state index is 12.2. The van der Waals surface area contributed by atoms with E-state index >= 15 is 0 Å². The highest BCUT2D eigenvalue weighted by atomic mass is 16.3. The number of rotatable bonds is 6. The standard InChI is InChI=1S/C20H20N2O3/c1-13-4-6-14(7-5-13)20-22-15(12-25-20)8-9-21-19(23)17-11-16(17)18-3-2-10-24-18/h2-7,10,12,16-17H,8-9,11H2,1H3,(H,21,23). The summed E-state index contributed by atoms with van der Waals surface area (Å²) >= 11 is 0. The van der Waals surface area contributed by atoms with Crippen LogP contribution in [-0.4, -0.2) is 17.4 Å². The molecule has 5 heteroatoms. The van der Waals surface area contributed by atoms with Crippen LogP contribution in [0.15, 0.2) is 57.8 Å². The van der Waals surface area contributed by atoms with Gasteiger partial charge < -0.3 is 14.2 Å². The van der Waals surface area contributed by atoms with Gasteiger partial charge in [-0.15, -0.1) is 0 Å². The summed E-state index contributed by atoms with van der Waals surface area (Å²) in [6.07, 6.45) is 4.82. The summed E-state index contributed by atoms with van der Waals surface area (Å²) in [5.74, 6) is 1.87. The van der Waals surface area contributed by atoms with E-state index in [-0.39, 0.29) is 17.7 Å². The molecule has 1 fully saturated rings. The summed E-state index contributed by atoms with van der Waals surface area (Å²) in [4.78, 5) is 16.7. The first-order valence-corrected chi connectivity index (χ1v) is 8.53. The second-order valence-electron chi connectivity index (χ2n) is 6.52. The highest BCUT2D eigenvalue weighted by Gasteiger charge is 2.45. The lowest BCUT2D eigenvalue weighted by molar-refractivity contribution is -0.122. The Bertz CT molecular complexity index is 849. The van der Waals surface area contributed by atoms with E-state index < -0.39 is 0 Å². The van der Waals surface area contributed by atoms with Crippen molar-refractivity contribution in [1.82, 2.24) is 10.3 Å². The Balaban J connectivity index is 1.27. The molecule has 128 valence electrons. The van der Waals surface area contributed by atoms with Crippen LogP contribution in [0.25, 0.3) is 11.5 Å². The zero-order valence-electron chi connectivity index (χ0n) is 14.1. The van der Waals surface area contributed by atoms with Crippen LogP contribution in [0.5, 0.6) is 0 Å². The van der Waals surface area contributed by atoms with Gasteiger partial charge in [0.15, 0.2) is 0 Å². The molecule has 2 atom stereocenters. The average Bonchev–Trinajstić information content (AvgIpc) is 3.02. The van der Waals surface area contributed by atoms with Crippen LogP contribution in [0.4, 0.5) is 0 Å². The fourth-order valence-corrected chi connectivity index (χ4v) is 3.00. The smallest absolute Gasteiger partial charge is 0.226 e. The molecule has 3 aromatic rings. The molecule has 2 aromatic heterocycles. The van der Waals surface area contributed by atoms with E-state index in [4.69, 9.17) is 8.83 Å². The Kier molecular flexibility index (Phi) is 4.14. The summed E-state index contributed by atoms with van der Waals surface area (Å²) in [5.41, 5.74) is 3.00. The van der Waals surface area contributed by atoms with Gasteiger partial charge in [-0.25, -0.2) is 4.98 Å². The molecule has 0 bridgehead atoms. The fraction of sp³-hybridized carbons (Fsp3) is 0.300. The van der Waals surface area contributed by atoms with Gasteiger partial charge in [-0.1, -0.05) is 17.7 Å². The number of benzene rings is 1. The van der Waals surface area contributed by atoms with Crippen molar-refractivity contribution >= 4 is 5.91 Å². The molecule has 2 unspecified atom stereocenters. The molecular weight excluding hydrogens is 316 g/mol. The number of aryl methyl sites for hydroxylation is 1. The van der Waals surface area contributed by atoms with E-state index in [0.29, 0.717) is 18.9 Å². The number of carbonyl (C=O) groups excluding carboxylic acids is 1. The Morgan fingerprint density at radius 2 is 2.08 bits per heavy atom. The summed E-state index contributed by atoms with van der Waals surface area (Å²) in [5, 5.41) is 2.98. The largest absolute Gasteiger partial charge is 0.469 e. The van der Waals surface area contributed by atoms with Gasteiger partial charge in [-0.05, 0) is 37.6 Å². The van der Waals surface area contributed by atoms with Gasteiger partial charge in [0, 0.05) is 30.4 Å². The quantitative estimate of drug-likeness (QED) is 0.745. The number of carbonyl (C=O) groups is 1. The van der Waals surface area contributed by atoms with Crippen LogP contribution in [0.1, 0.15) is 29.4 Å². The van der Waals surface area contributed by atoms with Crippen molar-refractivity contribution in [2.24, 2.45) is 5.92 Å².